The van der Waals surface area contributed by atoms with Crippen molar-refractivity contribution in [3.63, 3.8) is 0 Å². The SMILES string of the molecule is CCCNC(c1cnc(C)cn1)c1c(OC)cnn1CC. The molecular weight excluding hydrogens is 266 g/mol. The molecule has 114 valence electrons. The molecule has 0 saturated heterocycles. The van der Waals surface area contributed by atoms with Crippen LogP contribution in [0.15, 0.2) is 18.6 Å². The van der Waals surface area contributed by atoms with Crippen LogP contribution in [-0.4, -0.2) is 33.4 Å². The number of rotatable bonds is 7. The van der Waals surface area contributed by atoms with Crippen molar-refractivity contribution < 1.29 is 4.74 Å². The van der Waals surface area contributed by atoms with Crippen LogP contribution in [0.25, 0.3) is 0 Å². The summed E-state index contributed by atoms with van der Waals surface area (Å²) in [6, 6.07) is -0.0737. The van der Waals surface area contributed by atoms with Gasteiger partial charge in [0.15, 0.2) is 5.75 Å². The second-order valence-electron chi connectivity index (χ2n) is 4.88. The van der Waals surface area contributed by atoms with E-state index in [9.17, 15) is 0 Å². The first kappa shape index (κ1) is 15.4. The lowest BCUT2D eigenvalue weighted by molar-refractivity contribution is 0.397. The van der Waals surface area contributed by atoms with Gasteiger partial charge in [-0.15, -0.1) is 0 Å². The maximum Gasteiger partial charge on any atom is 0.161 e. The van der Waals surface area contributed by atoms with E-state index >= 15 is 0 Å². The standard InChI is InChI=1S/C15H23N5O/c1-5-7-16-14(12-9-17-11(3)8-18-12)15-13(21-4)10-19-20(15)6-2/h8-10,14,16H,5-7H2,1-4H3. The molecule has 0 amide bonds. The molecule has 0 bridgehead atoms. The average Bonchev–Trinajstić information content (AvgIpc) is 2.92. The highest BCUT2D eigenvalue weighted by Gasteiger charge is 2.24. The first-order valence-corrected chi connectivity index (χ1v) is 7.32. The minimum absolute atomic E-state index is 0.0737. The summed E-state index contributed by atoms with van der Waals surface area (Å²) < 4.78 is 7.40. The minimum atomic E-state index is -0.0737. The van der Waals surface area contributed by atoms with Gasteiger partial charge in [0.2, 0.25) is 0 Å². The molecule has 1 atom stereocenters. The zero-order valence-electron chi connectivity index (χ0n) is 13.1. The largest absolute Gasteiger partial charge is 0.493 e. The van der Waals surface area contributed by atoms with Crippen LogP contribution < -0.4 is 10.1 Å². The van der Waals surface area contributed by atoms with Crippen LogP contribution in [0.4, 0.5) is 0 Å². The molecule has 2 aromatic rings. The highest BCUT2D eigenvalue weighted by molar-refractivity contribution is 5.33. The molecule has 1 unspecified atom stereocenters. The normalized spacial score (nSPS) is 12.4. The van der Waals surface area contributed by atoms with E-state index in [4.69, 9.17) is 4.74 Å². The van der Waals surface area contributed by atoms with Crippen molar-refractivity contribution in [3.8, 4) is 5.75 Å². The number of hydrogen-bond donors (Lipinski definition) is 1. The predicted octanol–water partition coefficient (Wildman–Crippen LogP) is 2.10. The van der Waals surface area contributed by atoms with Gasteiger partial charge in [0, 0.05) is 12.7 Å². The Bertz CT molecular complexity index is 542. The molecule has 0 fully saturated rings. The Labute approximate surface area is 125 Å². The Morgan fingerprint density at radius 2 is 2.05 bits per heavy atom. The molecule has 6 heteroatoms. The molecule has 2 aromatic heterocycles. The average molecular weight is 289 g/mol. The van der Waals surface area contributed by atoms with E-state index in [0.29, 0.717) is 0 Å². The number of aryl methyl sites for hydroxylation is 2. The summed E-state index contributed by atoms with van der Waals surface area (Å²) in [4.78, 5) is 8.87. The Balaban J connectivity index is 2.44. The Morgan fingerprint density at radius 1 is 1.24 bits per heavy atom. The second-order valence-corrected chi connectivity index (χ2v) is 4.88. The summed E-state index contributed by atoms with van der Waals surface area (Å²) in [6.45, 7) is 7.80. The molecule has 0 aliphatic carbocycles. The van der Waals surface area contributed by atoms with Crippen LogP contribution in [0, 0.1) is 6.92 Å². The van der Waals surface area contributed by atoms with E-state index in [0.717, 1.165) is 42.3 Å². The van der Waals surface area contributed by atoms with Crippen molar-refractivity contribution in [2.24, 2.45) is 0 Å². The van der Waals surface area contributed by atoms with Gasteiger partial charge in [-0.25, -0.2) is 0 Å². The molecule has 0 aliphatic rings. The van der Waals surface area contributed by atoms with Crippen molar-refractivity contribution >= 4 is 0 Å². The van der Waals surface area contributed by atoms with Gasteiger partial charge in [0.05, 0.1) is 36.9 Å². The lowest BCUT2D eigenvalue weighted by Crippen LogP contribution is -2.27. The van der Waals surface area contributed by atoms with Crippen LogP contribution >= 0.6 is 0 Å². The van der Waals surface area contributed by atoms with Gasteiger partial charge in [0.1, 0.15) is 5.69 Å². The molecule has 0 saturated carbocycles. The molecule has 21 heavy (non-hydrogen) atoms. The van der Waals surface area contributed by atoms with E-state index in [-0.39, 0.29) is 6.04 Å². The number of nitrogens with zero attached hydrogens (tertiary/aromatic N) is 4. The summed E-state index contributed by atoms with van der Waals surface area (Å²) >= 11 is 0. The third-order valence-corrected chi connectivity index (χ3v) is 3.33. The van der Waals surface area contributed by atoms with Crippen LogP contribution in [0.5, 0.6) is 5.75 Å². The summed E-state index contributed by atoms with van der Waals surface area (Å²) in [7, 11) is 1.66. The van der Waals surface area contributed by atoms with Crippen molar-refractivity contribution in [1.29, 1.82) is 0 Å². The Kier molecular flexibility index (Phi) is 5.27. The molecule has 2 heterocycles. The van der Waals surface area contributed by atoms with Gasteiger partial charge >= 0.3 is 0 Å². The van der Waals surface area contributed by atoms with Gasteiger partial charge in [-0.3, -0.25) is 14.6 Å². The van der Waals surface area contributed by atoms with E-state index in [1.165, 1.54) is 0 Å². The summed E-state index contributed by atoms with van der Waals surface area (Å²) in [5.41, 5.74) is 2.78. The highest BCUT2D eigenvalue weighted by atomic mass is 16.5. The first-order chi connectivity index (χ1) is 10.2. The monoisotopic (exact) mass is 289 g/mol. The Morgan fingerprint density at radius 3 is 2.62 bits per heavy atom. The summed E-state index contributed by atoms with van der Waals surface area (Å²) in [5.74, 6) is 0.771. The Hall–Kier alpha value is -1.95. The van der Waals surface area contributed by atoms with Gasteiger partial charge in [-0.1, -0.05) is 6.92 Å². The van der Waals surface area contributed by atoms with Gasteiger partial charge in [0.25, 0.3) is 0 Å². The van der Waals surface area contributed by atoms with Crippen molar-refractivity contribution in [3.05, 3.63) is 35.7 Å². The van der Waals surface area contributed by atoms with E-state index in [1.54, 1.807) is 19.5 Å². The zero-order chi connectivity index (χ0) is 15.2. The van der Waals surface area contributed by atoms with Crippen molar-refractivity contribution in [2.45, 2.75) is 39.8 Å². The third kappa shape index (κ3) is 3.39. The highest BCUT2D eigenvalue weighted by Crippen LogP contribution is 2.28. The fourth-order valence-electron chi connectivity index (χ4n) is 2.26. The lowest BCUT2D eigenvalue weighted by Gasteiger charge is -2.20. The van der Waals surface area contributed by atoms with Gasteiger partial charge in [-0.2, -0.15) is 5.10 Å². The maximum atomic E-state index is 5.46. The number of ether oxygens (including phenoxy) is 1. The van der Waals surface area contributed by atoms with Crippen LogP contribution in [-0.2, 0) is 6.54 Å². The van der Waals surface area contributed by atoms with Crippen molar-refractivity contribution in [1.82, 2.24) is 25.1 Å². The molecule has 0 aliphatic heterocycles. The molecule has 0 aromatic carbocycles. The third-order valence-electron chi connectivity index (χ3n) is 3.33. The van der Waals surface area contributed by atoms with Gasteiger partial charge < -0.3 is 10.1 Å². The van der Waals surface area contributed by atoms with E-state index in [1.807, 2.05) is 17.8 Å². The number of methoxy groups -OCH3 is 1. The maximum absolute atomic E-state index is 5.46. The summed E-state index contributed by atoms with van der Waals surface area (Å²) in [6.07, 6.45) is 6.39. The fraction of sp³-hybridized carbons (Fsp3) is 0.533. The van der Waals surface area contributed by atoms with Crippen LogP contribution in [0.1, 0.15) is 43.4 Å². The topological polar surface area (TPSA) is 64.9 Å². The number of hydrogen-bond acceptors (Lipinski definition) is 5. The minimum Gasteiger partial charge on any atom is -0.493 e. The molecular formula is C15H23N5O. The van der Waals surface area contributed by atoms with Crippen LogP contribution in [0.3, 0.4) is 0 Å². The smallest absolute Gasteiger partial charge is 0.161 e. The molecule has 0 spiro atoms. The number of aromatic nitrogens is 4. The second kappa shape index (κ2) is 7.17. The molecule has 0 radical (unpaired) electrons. The molecule has 1 N–H and O–H groups in total. The van der Waals surface area contributed by atoms with E-state index in [2.05, 4.69) is 34.2 Å². The summed E-state index contributed by atoms with van der Waals surface area (Å²) in [5, 5.41) is 7.89. The number of nitrogens with one attached hydrogen (secondary N) is 1. The molecule has 6 nitrogen and oxygen atoms in total. The first-order valence-electron chi connectivity index (χ1n) is 7.32. The van der Waals surface area contributed by atoms with Crippen molar-refractivity contribution in [2.75, 3.05) is 13.7 Å². The molecule has 2 rings (SSSR count). The van der Waals surface area contributed by atoms with Crippen LogP contribution in [0.2, 0.25) is 0 Å². The van der Waals surface area contributed by atoms with Gasteiger partial charge in [-0.05, 0) is 26.8 Å². The zero-order valence-corrected chi connectivity index (χ0v) is 13.1. The quantitative estimate of drug-likeness (QED) is 0.845. The fourth-order valence-corrected chi connectivity index (χ4v) is 2.26. The lowest BCUT2D eigenvalue weighted by atomic mass is 10.1. The van der Waals surface area contributed by atoms with E-state index < -0.39 is 0 Å². The predicted molar refractivity (Wildman–Crippen MR) is 81.4 cm³/mol.